The van der Waals surface area contributed by atoms with Gasteiger partial charge in [0.25, 0.3) is 0 Å². The molecule has 0 saturated heterocycles. The van der Waals surface area contributed by atoms with Crippen molar-refractivity contribution >= 4 is 28.9 Å². The summed E-state index contributed by atoms with van der Waals surface area (Å²) in [6.45, 7) is 3.06. The molecule has 4 heteroatoms. The number of hydrogen-bond donors (Lipinski definition) is 2. The number of nitrogens with one attached hydrogen (secondary N) is 2. The maximum absolute atomic E-state index is 5.47. The summed E-state index contributed by atoms with van der Waals surface area (Å²) in [7, 11) is 0. The van der Waals surface area contributed by atoms with Gasteiger partial charge in [0, 0.05) is 17.8 Å². The van der Waals surface area contributed by atoms with Crippen LogP contribution in [0.5, 0.6) is 0 Å². The number of hydrogen-bond acceptors (Lipinski definition) is 1. The smallest absolute Gasteiger partial charge is 0.194 e. The van der Waals surface area contributed by atoms with Gasteiger partial charge in [0.2, 0.25) is 0 Å². The van der Waals surface area contributed by atoms with E-state index in [-0.39, 0.29) is 0 Å². The van der Waals surface area contributed by atoms with Crippen LogP contribution in [0.15, 0.2) is 89.5 Å². The van der Waals surface area contributed by atoms with E-state index in [1.54, 1.807) is 0 Å². The average molecular weight is 376 g/mol. The van der Waals surface area contributed by atoms with Gasteiger partial charge in [-0.2, -0.15) is 0 Å². The van der Waals surface area contributed by atoms with E-state index in [4.69, 9.17) is 12.2 Å². The first kappa shape index (κ1) is 19.1. The van der Waals surface area contributed by atoms with Crippen molar-refractivity contribution in [1.82, 2.24) is 5.32 Å². The molecule has 0 fully saturated rings. The van der Waals surface area contributed by atoms with Gasteiger partial charge in [-0.3, -0.25) is 0 Å². The monoisotopic (exact) mass is 375 g/mol. The quantitative estimate of drug-likeness (QED) is 0.421. The van der Waals surface area contributed by atoms with Crippen molar-refractivity contribution in [3.05, 3.63) is 90.0 Å². The minimum atomic E-state index is 0.497. The number of aliphatic imine (C=N–C) groups is 1. The number of amidine groups is 1. The Bertz CT molecular complexity index is 838. The van der Waals surface area contributed by atoms with Crippen molar-refractivity contribution < 1.29 is 0 Å². The standard InChI is InChI=1S/C23H25N3S/c1-18-10-8-9-11-19(18)16-17-24-23(27)26-22(20-12-4-2-5-13-20)25-21-14-6-3-7-15-21/h2-9,11-15,18H,10,16-17H2,1H3,(H2,24,25,26,27). The number of anilines is 1. The first-order valence-electron chi connectivity index (χ1n) is 9.32. The number of para-hydroxylation sites is 1. The molecule has 0 aliphatic heterocycles. The number of nitrogens with zero attached hydrogens (tertiary/aromatic N) is 1. The molecule has 3 rings (SSSR count). The zero-order valence-electron chi connectivity index (χ0n) is 15.6. The molecule has 0 aromatic heterocycles. The summed E-state index contributed by atoms with van der Waals surface area (Å²) in [5.41, 5.74) is 3.44. The fourth-order valence-corrected chi connectivity index (χ4v) is 3.19. The molecule has 138 valence electrons. The lowest BCUT2D eigenvalue weighted by Crippen LogP contribution is -2.25. The molecular weight excluding hydrogens is 350 g/mol. The maximum Gasteiger partial charge on any atom is 0.194 e. The highest BCUT2D eigenvalue weighted by Gasteiger charge is 2.10. The van der Waals surface area contributed by atoms with E-state index >= 15 is 0 Å². The normalized spacial score (nSPS) is 16.6. The molecule has 2 N–H and O–H groups in total. The third-order valence-electron chi connectivity index (χ3n) is 4.56. The Hall–Kier alpha value is -2.72. The van der Waals surface area contributed by atoms with Gasteiger partial charge in [-0.1, -0.05) is 79.3 Å². The number of thiocarbonyl (C=S) groups is 1. The van der Waals surface area contributed by atoms with E-state index < -0.39 is 0 Å². The predicted octanol–water partition coefficient (Wildman–Crippen LogP) is 5.33. The summed E-state index contributed by atoms with van der Waals surface area (Å²) in [4.78, 5) is 4.64. The molecule has 0 spiro atoms. The summed E-state index contributed by atoms with van der Waals surface area (Å²) in [6, 6.07) is 20.1. The first-order chi connectivity index (χ1) is 13.2. The predicted molar refractivity (Wildman–Crippen MR) is 119 cm³/mol. The second-order valence-electron chi connectivity index (χ2n) is 6.61. The molecule has 2 aromatic carbocycles. The molecule has 0 radical (unpaired) electrons. The van der Waals surface area contributed by atoms with Crippen LogP contribution in [0.3, 0.4) is 0 Å². The van der Waals surface area contributed by atoms with Crippen molar-refractivity contribution in [2.75, 3.05) is 11.9 Å². The van der Waals surface area contributed by atoms with Crippen molar-refractivity contribution in [2.24, 2.45) is 10.9 Å². The number of rotatable bonds is 5. The van der Waals surface area contributed by atoms with Crippen LogP contribution >= 0.6 is 12.2 Å². The molecule has 0 saturated carbocycles. The van der Waals surface area contributed by atoms with Crippen LogP contribution in [0.4, 0.5) is 5.69 Å². The van der Waals surface area contributed by atoms with Gasteiger partial charge in [-0.05, 0) is 43.1 Å². The van der Waals surface area contributed by atoms with Crippen molar-refractivity contribution in [3.63, 3.8) is 0 Å². The Morgan fingerprint density at radius 3 is 2.48 bits per heavy atom. The summed E-state index contributed by atoms with van der Waals surface area (Å²) in [5.74, 6) is 1.35. The zero-order valence-corrected chi connectivity index (χ0v) is 16.4. The molecule has 1 aliphatic carbocycles. The minimum Gasteiger partial charge on any atom is -0.360 e. The number of benzene rings is 2. The lowest BCUT2D eigenvalue weighted by Gasteiger charge is -2.17. The van der Waals surface area contributed by atoms with E-state index in [9.17, 15) is 0 Å². The molecule has 3 nitrogen and oxygen atoms in total. The van der Waals surface area contributed by atoms with Crippen LogP contribution in [-0.2, 0) is 0 Å². The lowest BCUT2D eigenvalue weighted by molar-refractivity contribution is 0.641. The SMILES string of the molecule is CC1CC=CC=C1CCNC(=S)/N=C(\Nc1ccccc1)c1ccccc1. The third kappa shape index (κ3) is 5.90. The second kappa shape index (κ2) is 9.83. The first-order valence-corrected chi connectivity index (χ1v) is 9.73. The van der Waals surface area contributed by atoms with Crippen molar-refractivity contribution in [1.29, 1.82) is 0 Å². The Morgan fingerprint density at radius 1 is 1.07 bits per heavy atom. The van der Waals surface area contributed by atoms with Crippen molar-refractivity contribution in [2.45, 2.75) is 19.8 Å². The second-order valence-corrected chi connectivity index (χ2v) is 6.99. The van der Waals surface area contributed by atoms with Gasteiger partial charge in [0.05, 0.1) is 0 Å². The van der Waals surface area contributed by atoms with E-state index in [0.29, 0.717) is 11.0 Å². The highest BCUT2D eigenvalue weighted by molar-refractivity contribution is 7.80. The Morgan fingerprint density at radius 2 is 1.78 bits per heavy atom. The van der Waals surface area contributed by atoms with Gasteiger partial charge in [-0.15, -0.1) is 0 Å². The maximum atomic E-state index is 5.47. The van der Waals surface area contributed by atoms with Crippen LogP contribution in [0.2, 0.25) is 0 Å². The molecule has 0 amide bonds. The Kier molecular flexibility index (Phi) is 6.94. The topological polar surface area (TPSA) is 36.4 Å². The van der Waals surface area contributed by atoms with Gasteiger partial charge >= 0.3 is 0 Å². The molecule has 2 aromatic rings. The molecule has 1 atom stereocenters. The zero-order chi connectivity index (χ0) is 18.9. The molecular formula is C23H25N3S. The van der Waals surface area contributed by atoms with E-state index in [1.807, 2.05) is 60.7 Å². The molecule has 1 unspecified atom stereocenters. The number of allylic oxidation sites excluding steroid dienone is 3. The van der Waals surface area contributed by atoms with Crippen LogP contribution < -0.4 is 10.6 Å². The fourth-order valence-electron chi connectivity index (χ4n) is 2.99. The highest BCUT2D eigenvalue weighted by atomic mass is 32.1. The molecule has 0 bridgehead atoms. The van der Waals surface area contributed by atoms with Gasteiger partial charge in [-0.25, -0.2) is 4.99 Å². The summed E-state index contributed by atoms with van der Waals surface area (Å²) >= 11 is 5.47. The lowest BCUT2D eigenvalue weighted by atomic mass is 9.91. The van der Waals surface area contributed by atoms with E-state index in [1.165, 1.54) is 5.57 Å². The average Bonchev–Trinajstić information content (AvgIpc) is 2.70. The molecule has 27 heavy (non-hydrogen) atoms. The van der Waals surface area contributed by atoms with Crippen molar-refractivity contribution in [3.8, 4) is 0 Å². The van der Waals surface area contributed by atoms with Gasteiger partial charge in [0.15, 0.2) is 5.11 Å². The van der Waals surface area contributed by atoms with Crippen LogP contribution in [-0.4, -0.2) is 17.5 Å². The summed E-state index contributed by atoms with van der Waals surface area (Å²) in [5, 5.41) is 7.15. The van der Waals surface area contributed by atoms with Gasteiger partial charge in [0.1, 0.15) is 5.84 Å². The minimum absolute atomic E-state index is 0.497. The van der Waals surface area contributed by atoms with Crippen LogP contribution in [0.1, 0.15) is 25.3 Å². The highest BCUT2D eigenvalue weighted by Crippen LogP contribution is 2.22. The van der Waals surface area contributed by atoms with Crippen LogP contribution in [0.25, 0.3) is 0 Å². The summed E-state index contributed by atoms with van der Waals surface area (Å²) in [6.07, 6.45) is 8.68. The van der Waals surface area contributed by atoms with E-state index in [2.05, 4.69) is 40.8 Å². The summed E-state index contributed by atoms with van der Waals surface area (Å²) < 4.78 is 0. The Balaban J connectivity index is 1.66. The molecule has 1 aliphatic rings. The fraction of sp³-hybridized carbons (Fsp3) is 0.217. The third-order valence-corrected chi connectivity index (χ3v) is 4.79. The van der Waals surface area contributed by atoms with E-state index in [0.717, 1.165) is 36.5 Å². The molecule has 0 heterocycles. The Labute approximate surface area is 166 Å². The van der Waals surface area contributed by atoms with Gasteiger partial charge < -0.3 is 10.6 Å². The largest absolute Gasteiger partial charge is 0.360 e. The van der Waals surface area contributed by atoms with Crippen LogP contribution in [0, 0.1) is 5.92 Å².